The predicted octanol–water partition coefficient (Wildman–Crippen LogP) is 1.71. The van der Waals surface area contributed by atoms with Crippen LogP contribution in [0.25, 0.3) is 0 Å². The second kappa shape index (κ2) is 8.51. The lowest BCUT2D eigenvalue weighted by atomic mass is 9.90. The molecule has 19 heavy (non-hydrogen) atoms. The molecule has 0 amide bonds. The molecule has 112 valence electrons. The van der Waals surface area contributed by atoms with Gasteiger partial charge in [0.1, 0.15) is 6.04 Å². The third-order valence-corrected chi connectivity index (χ3v) is 3.12. The monoisotopic (exact) mass is 273 g/mol. The predicted molar refractivity (Wildman–Crippen MR) is 72.8 cm³/mol. The lowest BCUT2D eigenvalue weighted by Crippen LogP contribution is -2.53. The Balaban J connectivity index is 2.71. The molecule has 1 aliphatic heterocycles. The van der Waals surface area contributed by atoms with E-state index in [1.54, 1.807) is 0 Å². The zero-order chi connectivity index (χ0) is 14.3. The van der Waals surface area contributed by atoms with Crippen molar-refractivity contribution in [1.82, 2.24) is 5.32 Å². The Morgan fingerprint density at radius 3 is 2.42 bits per heavy atom. The van der Waals surface area contributed by atoms with Gasteiger partial charge in [-0.2, -0.15) is 0 Å². The first-order valence-corrected chi connectivity index (χ1v) is 7.27. The first kappa shape index (κ1) is 16.4. The number of carbonyl (C=O) groups is 1. The number of piperidine rings is 1. The Hall–Kier alpha value is -0.650. The molecule has 0 bridgehead atoms. The number of hydrogen-bond acceptors (Lipinski definition) is 5. The number of hydrogen-bond donors (Lipinski definition) is 1. The van der Waals surface area contributed by atoms with Crippen molar-refractivity contribution in [2.24, 2.45) is 5.92 Å². The molecule has 5 nitrogen and oxygen atoms in total. The van der Waals surface area contributed by atoms with Gasteiger partial charge >= 0.3 is 5.97 Å². The standard InChI is InChI=1S/C14H27NO4/c1-5-17-14(18-6-2)11-8-7-9-15-12(11)13(16)19-10(3)4/h10-12,14-15H,5-9H2,1-4H3. The third kappa shape index (κ3) is 5.09. The average molecular weight is 273 g/mol. The van der Waals surface area contributed by atoms with Gasteiger partial charge in [-0.15, -0.1) is 0 Å². The zero-order valence-electron chi connectivity index (χ0n) is 12.5. The molecule has 1 fully saturated rings. The van der Waals surface area contributed by atoms with Gasteiger partial charge in [0.25, 0.3) is 0 Å². The Morgan fingerprint density at radius 2 is 1.89 bits per heavy atom. The Morgan fingerprint density at radius 1 is 1.26 bits per heavy atom. The summed E-state index contributed by atoms with van der Waals surface area (Å²) >= 11 is 0. The van der Waals surface area contributed by atoms with Gasteiger partial charge < -0.3 is 19.5 Å². The number of esters is 1. The lowest BCUT2D eigenvalue weighted by molar-refractivity contribution is -0.187. The number of carbonyl (C=O) groups excluding carboxylic acids is 1. The van der Waals surface area contributed by atoms with Crippen LogP contribution in [-0.4, -0.2) is 44.2 Å². The van der Waals surface area contributed by atoms with E-state index >= 15 is 0 Å². The summed E-state index contributed by atoms with van der Waals surface area (Å²) in [5.74, 6) is -0.191. The van der Waals surface area contributed by atoms with E-state index in [2.05, 4.69) is 5.32 Å². The van der Waals surface area contributed by atoms with Crippen LogP contribution in [0.2, 0.25) is 0 Å². The van der Waals surface area contributed by atoms with E-state index in [-0.39, 0.29) is 30.3 Å². The van der Waals surface area contributed by atoms with Gasteiger partial charge in [-0.25, -0.2) is 0 Å². The van der Waals surface area contributed by atoms with Crippen molar-refractivity contribution in [3.8, 4) is 0 Å². The fourth-order valence-electron chi connectivity index (χ4n) is 2.39. The zero-order valence-corrected chi connectivity index (χ0v) is 12.5. The molecule has 1 aliphatic rings. The highest BCUT2D eigenvalue weighted by Crippen LogP contribution is 2.24. The summed E-state index contributed by atoms with van der Waals surface area (Å²) in [6.07, 6.45) is 1.49. The highest BCUT2D eigenvalue weighted by Gasteiger charge is 2.38. The molecule has 0 spiro atoms. The number of nitrogens with one attached hydrogen (secondary N) is 1. The smallest absolute Gasteiger partial charge is 0.323 e. The van der Waals surface area contributed by atoms with Crippen LogP contribution in [-0.2, 0) is 19.0 Å². The summed E-state index contributed by atoms with van der Waals surface area (Å²) in [6.45, 7) is 9.57. The van der Waals surface area contributed by atoms with Crippen molar-refractivity contribution in [3.05, 3.63) is 0 Å². The minimum atomic E-state index is -0.340. The first-order chi connectivity index (χ1) is 9.10. The van der Waals surface area contributed by atoms with Gasteiger partial charge in [0.2, 0.25) is 0 Å². The Labute approximate surface area is 116 Å². The van der Waals surface area contributed by atoms with Crippen LogP contribution in [0.4, 0.5) is 0 Å². The second-order valence-electron chi connectivity index (χ2n) is 5.00. The Kier molecular flexibility index (Phi) is 7.34. The van der Waals surface area contributed by atoms with Crippen LogP contribution in [0, 0.1) is 5.92 Å². The van der Waals surface area contributed by atoms with E-state index < -0.39 is 0 Å². The fraction of sp³-hybridized carbons (Fsp3) is 0.929. The molecule has 0 radical (unpaired) electrons. The molecular weight excluding hydrogens is 246 g/mol. The fourth-order valence-corrected chi connectivity index (χ4v) is 2.39. The molecule has 0 aromatic carbocycles. The van der Waals surface area contributed by atoms with Crippen LogP contribution >= 0.6 is 0 Å². The minimum Gasteiger partial charge on any atom is -0.462 e. The third-order valence-electron chi connectivity index (χ3n) is 3.12. The molecule has 1 rings (SSSR count). The number of rotatable bonds is 7. The van der Waals surface area contributed by atoms with Crippen LogP contribution in [0.3, 0.4) is 0 Å². The molecule has 1 N–H and O–H groups in total. The van der Waals surface area contributed by atoms with Crippen molar-refractivity contribution in [1.29, 1.82) is 0 Å². The normalized spacial score (nSPS) is 23.9. The van der Waals surface area contributed by atoms with E-state index in [9.17, 15) is 4.79 Å². The quantitative estimate of drug-likeness (QED) is 0.565. The summed E-state index contributed by atoms with van der Waals surface area (Å²) in [5, 5.41) is 3.24. The Bertz CT molecular complexity index is 264. The van der Waals surface area contributed by atoms with Crippen LogP contribution in [0.1, 0.15) is 40.5 Å². The summed E-state index contributed by atoms with van der Waals surface area (Å²) in [4.78, 5) is 12.1. The van der Waals surface area contributed by atoms with Crippen molar-refractivity contribution in [3.63, 3.8) is 0 Å². The van der Waals surface area contributed by atoms with Crippen molar-refractivity contribution in [2.45, 2.75) is 59.0 Å². The van der Waals surface area contributed by atoms with E-state index in [0.717, 1.165) is 19.4 Å². The summed E-state index contributed by atoms with van der Waals surface area (Å²) in [5.41, 5.74) is 0. The van der Waals surface area contributed by atoms with E-state index in [4.69, 9.17) is 14.2 Å². The van der Waals surface area contributed by atoms with Gasteiger partial charge in [-0.05, 0) is 47.1 Å². The van der Waals surface area contributed by atoms with Gasteiger partial charge in [0.15, 0.2) is 6.29 Å². The van der Waals surface area contributed by atoms with Gasteiger partial charge in [0.05, 0.1) is 6.10 Å². The van der Waals surface area contributed by atoms with Crippen LogP contribution in [0.15, 0.2) is 0 Å². The number of ether oxygens (including phenoxy) is 3. The maximum absolute atomic E-state index is 12.1. The molecule has 2 atom stereocenters. The SMILES string of the molecule is CCOC(OCC)C1CCCNC1C(=O)OC(C)C. The lowest BCUT2D eigenvalue weighted by Gasteiger charge is -2.36. The highest BCUT2D eigenvalue weighted by molar-refractivity contribution is 5.76. The molecule has 0 aromatic rings. The molecule has 0 aliphatic carbocycles. The minimum absolute atomic E-state index is 0.0138. The van der Waals surface area contributed by atoms with Gasteiger partial charge in [0, 0.05) is 19.1 Å². The summed E-state index contributed by atoms with van der Waals surface area (Å²) < 4.78 is 16.6. The maximum atomic E-state index is 12.1. The van der Waals surface area contributed by atoms with Crippen LogP contribution in [0.5, 0.6) is 0 Å². The van der Waals surface area contributed by atoms with E-state index in [1.807, 2.05) is 27.7 Å². The molecule has 5 heteroatoms. The molecule has 2 unspecified atom stereocenters. The molecular formula is C14H27NO4. The second-order valence-corrected chi connectivity index (χ2v) is 5.00. The van der Waals surface area contributed by atoms with Gasteiger partial charge in [-0.1, -0.05) is 0 Å². The van der Waals surface area contributed by atoms with E-state index in [0.29, 0.717) is 13.2 Å². The summed E-state index contributed by atoms with van der Waals surface area (Å²) in [6, 6.07) is -0.334. The molecule has 1 saturated heterocycles. The topological polar surface area (TPSA) is 56.8 Å². The molecule has 0 aromatic heterocycles. The van der Waals surface area contributed by atoms with Crippen molar-refractivity contribution >= 4 is 5.97 Å². The van der Waals surface area contributed by atoms with Gasteiger partial charge in [-0.3, -0.25) is 4.79 Å². The largest absolute Gasteiger partial charge is 0.462 e. The van der Waals surface area contributed by atoms with Crippen molar-refractivity contribution < 1.29 is 19.0 Å². The summed E-state index contributed by atoms with van der Waals surface area (Å²) in [7, 11) is 0. The van der Waals surface area contributed by atoms with E-state index in [1.165, 1.54) is 0 Å². The first-order valence-electron chi connectivity index (χ1n) is 7.27. The molecule has 1 heterocycles. The highest BCUT2D eigenvalue weighted by atomic mass is 16.7. The molecule has 0 saturated carbocycles. The van der Waals surface area contributed by atoms with Crippen molar-refractivity contribution in [2.75, 3.05) is 19.8 Å². The van der Waals surface area contributed by atoms with Crippen LogP contribution < -0.4 is 5.32 Å². The maximum Gasteiger partial charge on any atom is 0.323 e. The average Bonchev–Trinajstić information content (AvgIpc) is 2.38.